The summed E-state index contributed by atoms with van der Waals surface area (Å²) in [6, 6.07) is 0.807. The maximum atomic E-state index is 6.07. The summed E-state index contributed by atoms with van der Waals surface area (Å²) in [6.07, 6.45) is 4.00. The molecule has 2 atom stereocenters. The van der Waals surface area contributed by atoms with Crippen LogP contribution in [0.2, 0.25) is 0 Å². The summed E-state index contributed by atoms with van der Waals surface area (Å²) in [5.41, 5.74) is 6.28. The van der Waals surface area contributed by atoms with Gasteiger partial charge in [-0.3, -0.25) is 9.80 Å². The monoisotopic (exact) mass is 239 g/mol. The molecule has 3 nitrogen and oxygen atoms in total. The summed E-state index contributed by atoms with van der Waals surface area (Å²) >= 11 is 0. The third kappa shape index (κ3) is 2.83. The number of piperazine rings is 1. The SMILES string of the molecule is CC(C)CC(C)(CN)N1CCN2CCCC2C1. The zero-order valence-corrected chi connectivity index (χ0v) is 11.8. The predicted octanol–water partition coefficient (Wildman–Crippen LogP) is 1.53. The Hall–Kier alpha value is -0.120. The van der Waals surface area contributed by atoms with Gasteiger partial charge in [0, 0.05) is 37.8 Å². The molecule has 0 bridgehead atoms. The maximum absolute atomic E-state index is 6.07. The molecule has 0 saturated carbocycles. The van der Waals surface area contributed by atoms with E-state index < -0.39 is 0 Å². The van der Waals surface area contributed by atoms with Crippen molar-refractivity contribution in [2.75, 3.05) is 32.7 Å². The Kier molecular flexibility index (Phi) is 4.11. The summed E-state index contributed by atoms with van der Waals surface area (Å²) in [4.78, 5) is 5.34. The van der Waals surface area contributed by atoms with E-state index in [-0.39, 0.29) is 5.54 Å². The average Bonchev–Trinajstić information content (AvgIpc) is 2.74. The second-order valence-electron chi connectivity index (χ2n) is 6.58. The Morgan fingerprint density at radius 3 is 2.71 bits per heavy atom. The molecule has 0 aliphatic carbocycles. The number of hydrogen-bond acceptors (Lipinski definition) is 3. The minimum atomic E-state index is 0.211. The molecule has 0 aromatic heterocycles. The van der Waals surface area contributed by atoms with Crippen molar-refractivity contribution in [1.82, 2.24) is 9.80 Å². The van der Waals surface area contributed by atoms with E-state index in [1.54, 1.807) is 0 Å². The van der Waals surface area contributed by atoms with Crippen molar-refractivity contribution >= 4 is 0 Å². The molecule has 2 N–H and O–H groups in total. The number of fused-ring (bicyclic) bond motifs is 1. The largest absolute Gasteiger partial charge is 0.329 e. The van der Waals surface area contributed by atoms with E-state index in [1.807, 2.05) is 0 Å². The Balaban J connectivity index is 2.00. The van der Waals surface area contributed by atoms with Crippen molar-refractivity contribution in [2.45, 2.75) is 51.6 Å². The molecule has 0 spiro atoms. The van der Waals surface area contributed by atoms with Crippen LogP contribution in [0.4, 0.5) is 0 Å². The first-order valence-electron chi connectivity index (χ1n) is 7.24. The van der Waals surface area contributed by atoms with Crippen LogP contribution in [-0.2, 0) is 0 Å². The van der Waals surface area contributed by atoms with Crippen LogP contribution in [0, 0.1) is 5.92 Å². The van der Waals surface area contributed by atoms with Gasteiger partial charge < -0.3 is 5.73 Å². The van der Waals surface area contributed by atoms with Crippen LogP contribution in [-0.4, -0.2) is 54.1 Å². The van der Waals surface area contributed by atoms with Crippen LogP contribution in [0.25, 0.3) is 0 Å². The highest BCUT2D eigenvalue weighted by Crippen LogP contribution is 2.29. The standard InChI is InChI=1S/C14H29N3/c1-12(2)9-14(3,11-15)17-8-7-16-6-4-5-13(16)10-17/h12-13H,4-11,15H2,1-3H3. The first-order chi connectivity index (χ1) is 8.05. The summed E-state index contributed by atoms with van der Waals surface area (Å²) in [5, 5.41) is 0. The summed E-state index contributed by atoms with van der Waals surface area (Å²) in [6.45, 7) is 12.8. The Labute approximate surface area is 106 Å². The molecule has 2 rings (SSSR count). The number of nitrogens with two attached hydrogens (primary N) is 1. The lowest BCUT2D eigenvalue weighted by atomic mass is 9.87. The summed E-state index contributed by atoms with van der Waals surface area (Å²) in [7, 11) is 0. The van der Waals surface area contributed by atoms with Crippen molar-refractivity contribution in [2.24, 2.45) is 11.7 Å². The predicted molar refractivity (Wildman–Crippen MR) is 73.1 cm³/mol. The quantitative estimate of drug-likeness (QED) is 0.807. The molecule has 0 aromatic rings. The molecule has 2 unspecified atom stereocenters. The van der Waals surface area contributed by atoms with Gasteiger partial charge >= 0.3 is 0 Å². The summed E-state index contributed by atoms with van der Waals surface area (Å²) < 4.78 is 0. The fourth-order valence-corrected chi connectivity index (χ4v) is 3.70. The minimum Gasteiger partial charge on any atom is -0.329 e. The topological polar surface area (TPSA) is 32.5 Å². The van der Waals surface area contributed by atoms with Crippen LogP contribution >= 0.6 is 0 Å². The third-order valence-corrected chi connectivity index (χ3v) is 4.64. The van der Waals surface area contributed by atoms with Gasteiger partial charge in [-0.15, -0.1) is 0 Å². The normalized spacial score (nSPS) is 30.5. The van der Waals surface area contributed by atoms with E-state index in [0.29, 0.717) is 0 Å². The number of hydrogen-bond donors (Lipinski definition) is 1. The van der Waals surface area contributed by atoms with E-state index in [1.165, 1.54) is 45.4 Å². The molecule has 0 aromatic carbocycles. The second-order valence-corrected chi connectivity index (χ2v) is 6.58. The van der Waals surface area contributed by atoms with E-state index in [0.717, 1.165) is 18.5 Å². The molecular formula is C14H29N3. The zero-order chi connectivity index (χ0) is 12.5. The molecule has 0 amide bonds. The van der Waals surface area contributed by atoms with Crippen LogP contribution in [0.1, 0.15) is 40.0 Å². The van der Waals surface area contributed by atoms with Gasteiger partial charge in [0.1, 0.15) is 0 Å². The van der Waals surface area contributed by atoms with Crippen molar-refractivity contribution < 1.29 is 0 Å². The van der Waals surface area contributed by atoms with Crippen LogP contribution in [0.5, 0.6) is 0 Å². The van der Waals surface area contributed by atoms with Gasteiger partial charge in [0.25, 0.3) is 0 Å². The first kappa shape index (κ1) is 13.3. The Morgan fingerprint density at radius 2 is 2.06 bits per heavy atom. The maximum Gasteiger partial charge on any atom is 0.0307 e. The highest BCUT2D eigenvalue weighted by molar-refractivity contribution is 4.95. The van der Waals surface area contributed by atoms with Gasteiger partial charge in [-0.25, -0.2) is 0 Å². The molecule has 2 aliphatic heterocycles. The lowest BCUT2D eigenvalue weighted by Gasteiger charge is -2.48. The van der Waals surface area contributed by atoms with Crippen molar-refractivity contribution in [3.8, 4) is 0 Å². The highest BCUT2D eigenvalue weighted by Gasteiger charge is 2.38. The molecule has 2 heterocycles. The van der Waals surface area contributed by atoms with E-state index in [9.17, 15) is 0 Å². The average molecular weight is 239 g/mol. The first-order valence-corrected chi connectivity index (χ1v) is 7.24. The molecular weight excluding hydrogens is 210 g/mol. The van der Waals surface area contributed by atoms with E-state index in [2.05, 4.69) is 30.6 Å². The van der Waals surface area contributed by atoms with Crippen LogP contribution in [0.15, 0.2) is 0 Å². The van der Waals surface area contributed by atoms with Gasteiger partial charge in [-0.1, -0.05) is 13.8 Å². The fraction of sp³-hybridized carbons (Fsp3) is 1.00. The van der Waals surface area contributed by atoms with Crippen LogP contribution in [0.3, 0.4) is 0 Å². The number of rotatable bonds is 4. The van der Waals surface area contributed by atoms with E-state index in [4.69, 9.17) is 5.73 Å². The molecule has 2 aliphatic rings. The second kappa shape index (κ2) is 5.25. The lowest BCUT2D eigenvalue weighted by Crippen LogP contribution is -2.61. The van der Waals surface area contributed by atoms with Gasteiger partial charge in [0.15, 0.2) is 0 Å². The van der Waals surface area contributed by atoms with Gasteiger partial charge in [0.2, 0.25) is 0 Å². The zero-order valence-electron chi connectivity index (χ0n) is 11.8. The lowest BCUT2D eigenvalue weighted by molar-refractivity contribution is 0.0168. The van der Waals surface area contributed by atoms with Crippen molar-refractivity contribution in [1.29, 1.82) is 0 Å². The molecule has 3 heteroatoms. The third-order valence-electron chi connectivity index (χ3n) is 4.64. The molecule has 100 valence electrons. The molecule has 2 fully saturated rings. The Bertz CT molecular complexity index is 254. The molecule has 2 saturated heterocycles. The van der Waals surface area contributed by atoms with Crippen molar-refractivity contribution in [3.63, 3.8) is 0 Å². The summed E-state index contributed by atoms with van der Waals surface area (Å²) in [5.74, 6) is 0.727. The molecule has 17 heavy (non-hydrogen) atoms. The van der Waals surface area contributed by atoms with Crippen LogP contribution < -0.4 is 5.73 Å². The van der Waals surface area contributed by atoms with E-state index >= 15 is 0 Å². The van der Waals surface area contributed by atoms with Crippen molar-refractivity contribution in [3.05, 3.63) is 0 Å². The smallest absolute Gasteiger partial charge is 0.0307 e. The van der Waals surface area contributed by atoms with Gasteiger partial charge in [-0.05, 0) is 38.6 Å². The highest BCUT2D eigenvalue weighted by atomic mass is 15.3. The Morgan fingerprint density at radius 1 is 1.29 bits per heavy atom. The van der Waals surface area contributed by atoms with Gasteiger partial charge in [-0.2, -0.15) is 0 Å². The minimum absolute atomic E-state index is 0.211. The molecule has 0 radical (unpaired) electrons. The fourth-order valence-electron chi connectivity index (χ4n) is 3.70. The number of nitrogens with zero attached hydrogens (tertiary/aromatic N) is 2. The van der Waals surface area contributed by atoms with Gasteiger partial charge in [0.05, 0.1) is 0 Å².